The number of furan rings is 1. The van der Waals surface area contributed by atoms with Crippen molar-refractivity contribution < 1.29 is 42.2 Å². The number of nitrogens with one attached hydrogen (secondary N) is 2. The molecule has 0 bridgehead atoms. The maximum Gasteiger partial charge on any atom is 0.407 e. The van der Waals surface area contributed by atoms with Crippen LogP contribution in [0.2, 0.25) is 0 Å². The second kappa shape index (κ2) is 16.3. The number of rotatable bonds is 10. The number of likely N-dealkylation sites (tertiary alicyclic amines) is 1. The van der Waals surface area contributed by atoms with Crippen molar-refractivity contribution in [3.8, 4) is 0 Å². The molecule has 1 aromatic carbocycles. The third kappa shape index (κ3) is 9.23. The number of anilines is 1. The van der Waals surface area contributed by atoms with E-state index < -0.39 is 36.4 Å². The van der Waals surface area contributed by atoms with E-state index in [0.29, 0.717) is 61.4 Å². The van der Waals surface area contributed by atoms with Crippen LogP contribution in [0.5, 0.6) is 0 Å². The van der Waals surface area contributed by atoms with E-state index in [0.717, 1.165) is 44.9 Å². The Balaban J connectivity index is 1.11. The Kier molecular flexibility index (Phi) is 11.9. The fraction of sp³-hybridized carbons (Fsp3) is 0.692. The minimum atomic E-state index is -0.703. The summed E-state index contributed by atoms with van der Waals surface area (Å²) in [7, 11) is 0. The number of carbonyl (C=O) groups excluding carboxylic acids is 4. The van der Waals surface area contributed by atoms with Gasteiger partial charge in [-0.1, -0.05) is 32.1 Å². The fourth-order valence-electron chi connectivity index (χ4n) is 8.65. The van der Waals surface area contributed by atoms with E-state index in [2.05, 4.69) is 10.6 Å². The van der Waals surface area contributed by atoms with Gasteiger partial charge in [0, 0.05) is 30.1 Å². The first-order valence-electron chi connectivity index (χ1n) is 19.0. The van der Waals surface area contributed by atoms with E-state index >= 15 is 0 Å². The van der Waals surface area contributed by atoms with Gasteiger partial charge in [0.2, 0.25) is 17.6 Å². The fourth-order valence-corrected chi connectivity index (χ4v) is 8.65. The van der Waals surface area contributed by atoms with Crippen LogP contribution >= 0.6 is 0 Å². The molecule has 4 aliphatic rings. The number of hydrogen-bond acceptors (Lipinski definition) is 8. The highest BCUT2D eigenvalue weighted by molar-refractivity contribution is 6.00. The van der Waals surface area contributed by atoms with Gasteiger partial charge in [-0.25, -0.2) is 14.0 Å². The van der Waals surface area contributed by atoms with Gasteiger partial charge in [-0.15, -0.1) is 0 Å². The number of halogens is 1. The Morgan fingerprint density at radius 3 is 2.41 bits per heavy atom. The van der Waals surface area contributed by atoms with E-state index in [1.54, 1.807) is 45.0 Å². The average molecular weight is 712 g/mol. The average Bonchev–Trinajstić information content (AvgIpc) is 3.89. The molecule has 51 heavy (non-hydrogen) atoms. The molecule has 2 N–H and O–H groups in total. The summed E-state index contributed by atoms with van der Waals surface area (Å²) in [6.45, 7) is 5.98. The van der Waals surface area contributed by atoms with Crippen LogP contribution in [0.15, 0.2) is 28.7 Å². The molecule has 280 valence electrons. The molecule has 3 heterocycles. The van der Waals surface area contributed by atoms with Gasteiger partial charge in [0.05, 0.1) is 12.1 Å². The van der Waals surface area contributed by atoms with Crippen molar-refractivity contribution >= 4 is 40.5 Å². The van der Waals surface area contributed by atoms with Crippen LogP contribution in [0.25, 0.3) is 11.0 Å². The smallest absolute Gasteiger partial charge is 0.407 e. The number of benzene rings is 1. The maximum absolute atomic E-state index is 14.2. The summed E-state index contributed by atoms with van der Waals surface area (Å²) < 4.78 is 36.1. The van der Waals surface area contributed by atoms with Crippen LogP contribution in [0.4, 0.5) is 14.9 Å². The summed E-state index contributed by atoms with van der Waals surface area (Å²) in [5.41, 5.74) is 0.380. The second-order valence-corrected chi connectivity index (χ2v) is 15.9. The van der Waals surface area contributed by atoms with Gasteiger partial charge >= 0.3 is 12.1 Å². The van der Waals surface area contributed by atoms with E-state index in [9.17, 15) is 23.6 Å². The Bertz CT molecular complexity index is 1530. The first-order valence-corrected chi connectivity index (χ1v) is 19.0. The number of nitrogens with zero attached hydrogens (tertiary/aromatic N) is 1. The number of amides is 3. The maximum atomic E-state index is 14.2. The molecule has 3 amide bonds. The van der Waals surface area contributed by atoms with Gasteiger partial charge in [0.1, 0.15) is 30.5 Å². The molecule has 2 aliphatic carbocycles. The highest BCUT2D eigenvalue weighted by Gasteiger charge is 2.47. The number of alkyl carbamates (subject to hydrolysis) is 1. The number of carbonyl (C=O) groups is 4. The van der Waals surface area contributed by atoms with Crippen LogP contribution in [0.3, 0.4) is 0 Å². The summed E-state index contributed by atoms with van der Waals surface area (Å²) in [4.78, 5) is 55.2. The van der Waals surface area contributed by atoms with Crippen LogP contribution in [-0.2, 0) is 23.8 Å². The Morgan fingerprint density at radius 2 is 1.73 bits per heavy atom. The molecule has 2 saturated heterocycles. The van der Waals surface area contributed by atoms with Crippen molar-refractivity contribution in [2.75, 3.05) is 31.7 Å². The summed E-state index contributed by atoms with van der Waals surface area (Å²) in [6.07, 6.45) is 9.82. The molecule has 2 aliphatic heterocycles. The molecule has 0 spiro atoms. The van der Waals surface area contributed by atoms with E-state index in [1.165, 1.54) is 6.42 Å². The number of ether oxygens (including phenoxy) is 3. The monoisotopic (exact) mass is 711 g/mol. The van der Waals surface area contributed by atoms with Crippen molar-refractivity contribution in [1.82, 2.24) is 10.2 Å². The first kappa shape index (κ1) is 37.1. The van der Waals surface area contributed by atoms with Gasteiger partial charge < -0.3 is 34.2 Å². The van der Waals surface area contributed by atoms with Crippen molar-refractivity contribution in [3.63, 3.8) is 0 Å². The topological polar surface area (TPSA) is 136 Å². The van der Waals surface area contributed by atoms with Crippen LogP contribution < -0.4 is 10.6 Å². The van der Waals surface area contributed by atoms with Gasteiger partial charge in [0.15, 0.2) is 0 Å². The molecule has 2 aromatic rings. The molecule has 2 saturated carbocycles. The third-order valence-electron chi connectivity index (χ3n) is 11.2. The third-order valence-corrected chi connectivity index (χ3v) is 11.2. The van der Waals surface area contributed by atoms with Crippen molar-refractivity contribution in [1.29, 1.82) is 0 Å². The van der Waals surface area contributed by atoms with Crippen LogP contribution in [0.1, 0.15) is 108 Å². The summed E-state index contributed by atoms with van der Waals surface area (Å²) >= 11 is 0. The minimum absolute atomic E-state index is 0.0137. The first-order chi connectivity index (χ1) is 24.5. The highest BCUT2D eigenvalue weighted by atomic mass is 19.1. The molecular weight excluding hydrogens is 657 g/mol. The standard InChI is InChI=1S/C39H54FN3O8/c1-39(2,3)51-38(47)42-31(22-40)25-11-13-26(14-12-25)36(45)43-18-17-30(24-8-5-4-6-9-24)34(43)35(44)41-28-15-16-32-27(20-28)21-33(50-32)37(46)49-23-29-10-7-19-48-29/h15-16,20-21,24-26,29-31,34H,4-14,17-19,22-23H2,1-3H3,(H,41,44)(H,42,47)/t25-,26-,29?,30-,31?,34-/m0/s1. The highest BCUT2D eigenvalue weighted by Crippen LogP contribution is 2.41. The quantitative estimate of drug-likeness (QED) is 0.248. The number of esters is 1. The van der Waals surface area contributed by atoms with Gasteiger partial charge in [-0.2, -0.15) is 0 Å². The normalized spacial score (nSPS) is 26.5. The number of fused-ring (bicyclic) bond motifs is 1. The lowest BCUT2D eigenvalue weighted by molar-refractivity contribution is -0.142. The van der Waals surface area contributed by atoms with Gasteiger partial charge in [0.25, 0.3) is 0 Å². The van der Waals surface area contributed by atoms with E-state index in [-0.39, 0.29) is 48.0 Å². The molecule has 12 heteroatoms. The predicted molar refractivity (Wildman–Crippen MR) is 189 cm³/mol. The van der Waals surface area contributed by atoms with E-state index in [1.807, 2.05) is 4.90 Å². The molecule has 4 atom stereocenters. The lowest BCUT2D eigenvalue weighted by Gasteiger charge is -2.37. The molecular formula is C39H54FN3O8. The van der Waals surface area contributed by atoms with Crippen LogP contribution in [0, 0.1) is 23.7 Å². The van der Waals surface area contributed by atoms with Gasteiger partial charge in [-0.3, -0.25) is 9.59 Å². The van der Waals surface area contributed by atoms with Crippen molar-refractivity contribution in [2.24, 2.45) is 23.7 Å². The summed E-state index contributed by atoms with van der Waals surface area (Å²) in [6, 6.07) is 5.60. The lowest BCUT2D eigenvalue weighted by Crippen LogP contribution is -2.50. The van der Waals surface area contributed by atoms with E-state index in [4.69, 9.17) is 18.6 Å². The number of alkyl halides is 1. The van der Waals surface area contributed by atoms with Crippen molar-refractivity contribution in [3.05, 3.63) is 30.0 Å². The zero-order chi connectivity index (χ0) is 36.1. The molecule has 1 aromatic heterocycles. The zero-order valence-electron chi connectivity index (χ0n) is 30.3. The number of hydrogen-bond donors (Lipinski definition) is 2. The summed E-state index contributed by atoms with van der Waals surface area (Å²) in [5.74, 6) is -0.594. The lowest BCUT2D eigenvalue weighted by atomic mass is 9.76. The molecule has 4 fully saturated rings. The Morgan fingerprint density at radius 1 is 0.961 bits per heavy atom. The zero-order valence-corrected chi connectivity index (χ0v) is 30.3. The van der Waals surface area contributed by atoms with Gasteiger partial charge in [-0.05, 0) is 108 Å². The molecule has 0 radical (unpaired) electrons. The summed E-state index contributed by atoms with van der Waals surface area (Å²) in [5, 5.41) is 6.45. The Labute approximate surface area is 299 Å². The molecule has 2 unspecified atom stereocenters. The van der Waals surface area contributed by atoms with Crippen LogP contribution in [-0.4, -0.2) is 79.0 Å². The SMILES string of the molecule is CC(C)(C)OC(=O)NC(CF)[C@H]1CC[C@H](C(=O)N2CC[C@@H](C3CCCCC3)[C@H]2C(=O)Nc2ccc3oc(C(=O)OCC4CCCO4)cc3c2)CC1. The van der Waals surface area contributed by atoms with Crippen molar-refractivity contribution in [2.45, 2.75) is 122 Å². The molecule has 6 rings (SSSR count). The Hall–Kier alpha value is -3.67. The second-order valence-electron chi connectivity index (χ2n) is 15.9. The minimum Gasteiger partial charge on any atom is -0.457 e. The predicted octanol–water partition coefficient (Wildman–Crippen LogP) is 7.17. The largest absolute Gasteiger partial charge is 0.457 e. The molecule has 11 nitrogen and oxygen atoms in total.